The largest absolute Gasteiger partial charge is 0.494 e. The Kier molecular flexibility index (Phi) is 7.60. The molecule has 0 saturated heterocycles. The molecule has 0 aliphatic carbocycles. The van der Waals surface area contributed by atoms with Gasteiger partial charge >= 0.3 is 0 Å². The first-order valence-corrected chi connectivity index (χ1v) is 11.4. The fourth-order valence-electron chi connectivity index (χ4n) is 3.68. The molecule has 180 valence electrons. The van der Waals surface area contributed by atoms with Gasteiger partial charge in [-0.25, -0.2) is 13.2 Å². The molecule has 0 N–H and O–H groups in total. The summed E-state index contributed by atoms with van der Waals surface area (Å²) in [6, 6.07) is 21.6. The monoisotopic (exact) mass is 478 g/mol. The van der Waals surface area contributed by atoms with Crippen LogP contribution in [0.1, 0.15) is 19.4 Å². The average molecular weight is 479 g/mol. The van der Waals surface area contributed by atoms with Crippen LogP contribution in [0.3, 0.4) is 0 Å². The van der Waals surface area contributed by atoms with Gasteiger partial charge in [0.25, 0.3) is 0 Å². The van der Waals surface area contributed by atoms with E-state index in [1.54, 1.807) is 67.6 Å². The third-order valence-electron chi connectivity index (χ3n) is 5.45. The minimum absolute atomic E-state index is 0.106. The van der Waals surface area contributed by atoms with Crippen LogP contribution in [0.25, 0.3) is 22.3 Å². The van der Waals surface area contributed by atoms with Crippen molar-refractivity contribution in [1.29, 1.82) is 0 Å². The minimum atomic E-state index is -0.946. The number of hydrogen-bond donors (Lipinski definition) is 0. The number of rotatable bonds is 9. The molecule has 0 heterocycles. The second kappa shape index (κ2) is 11.0. The highest BCUT2D eigenvalue weighted by molar-refractivity contribution is 5.66. The Bertz CT molecular complexity index is 1290. The molecule has 0 fully saturated rings. The van der Waals surface area contributed by atoms with Crippen molar-refractivity contribution in [3.05, 3.63) is 102 Å². The normalized spacial score (nSPS) is 10.8. The molecule has 6 heteroatoms. The summed E-state index contributed by atoms with van der Waals surface area (Å²) in [4.78, 5) is 0. The van der Waals surface area contributed by atoms with Crippen LogP contribution in [0.4, 0.5) is 13.2 Å². The molecule has 35 heavy (non-hydrogen) atoms. The zero-order valence-electron chi connectivity index (χ0n) is 19.5. The zero-order chi connectivity index (χ0) is 24.8. The maximum absolute atomic E-state index is 14.8. The third kappa shape index (κ3) is 5.60. The summed E-state index contributed by atoms with van der Waals surface area (Å²) in [5.41, 5.74) is 2.31. The van der Waals surface area contributed by atoms with Crippen molar-refractivity contribution in [2.24, 2.45) is 0 Å². The first-order valence-electron chi connectivity index (χ1n) is 11.4. The second-order valence-corrected chi connectivity index (χ2v) is 7.75. The van der Waals surface area contributed by atoms with Crippen LogP contribution in [0.2, 0.25) is 0 Å². The highest BCUT2D eigenvalue weighted by Crippen LogP contribution is 2.30. The Morgan fingerprint density at radius 3 is 1.80 bits per heavy atom. The van der Waals surface area contributed by atoms with Gasteiger partial charge in [-0.15, -0.1) is 0 Å². The Hall–Kier alpha value is -3.93. The molecule has 0 spiro atoms. The number of benzene rings is 4. The van der Waals surface area contributed by atoms with Gasteiger partial charge in [0.1, 0.15) is 18.1 Å². The summed E-state index contributed by atoms with van der Waals surface area (Å²) < 4.78 is 59.9. The van der Waals surface area contributed by atoms with E-state index < -0.39 is 17.5 Å². The van der Waals surface area contributed by atoms with E-state index >= 15 is 0 Å². The highest BCUT2D eigenvalue weighted by atomic mass is 19.2. The van der Waals surface area contributed by atoms with Gasteiger partial charge in [-0.1, -0.05) is 42.5 Å². The van der Waals surface area contributed by atoms with Crippen LogP contribution in [0.5, 0.6) is 17.2 Å². The van der Waals surface area contributed by atoms with Crippen molar-refractivity contribution in [2.45, 2.75) is 20.5 Å². The van der Waals surface area contributed by atoms with Gasteiger partial charge in [-0.2, -0.15) is 0 Å². The topological polar surface area (TPSA) is 27.7 Å². The van der Waals surface area contributed by atoms with E-state index in [0.717, 1.165) is 5.56 Å². The van der Waals surface area contributed by atoms with E-state index in [2.05, 4.69) is 0 Å². The van der Waals surface area contributed by atoms with Gasteiger partial charge in [0.15, 0.2) is 23.2 Å². The summed E-state index contributed by atoms with van der Waals surface area (Å²) in [7, 11) is 0. The van der Waals surface area contributed by atoms with E-state index in [9.17, 15) is 13.2 Å². The minimum Gasteiger partial charge on any atom is -0.494 e. The molecule has 3 nitrogen and oxygen atoms in total. The lowest BCUT2D eigenvalue weighted by Gasteiger charge is -2.12. The van der Waals surface area contributed by atoms with Crippen LogP contribution in [0.15, 0.2) is 78.9 Å². The third-order valence-corrected chi connectivity index (χ3v) is 5.45. The van der Waals surface area contributed by atoms with E-state index in [-0.39, 0.29) is 23.5 Å². The molecule has 0 aromatic heterocycles. The second-order valence-electron chi connectivity index (χ2n) is 7.75. The van der Waals surface area contributed by atoms with Gasteiger partial charge in [-0.3, -0.25) is 0 Å². The molecule has 0 radical (unpaired) electrons. The predicted molar refractivity (Wildman–Crippen MR) is 130 cm³/mol. The summed E-state index contributed by atoms with van der Waals surface area (Å²) in [5, 5.41) is 0. The van der Waals surface area contributed by atoms with Gasteiger partial charge in [0, 0.05) is 11.1 Å². The van der Waals surface area contributed by atoms with Crippen molar-refractivity contribution >= 4 is 0 Å². The van der Waals surface area contributed by atoms with Crippen LogP contribution >= 0.6 is 0 Å². The standard InChI is InChI=1S/C29H25F3O3/c1-3-33-23-13-7-20(8-14-23)25-15-9-22(28(31)29(25)32)18-35-24-11-5-19(6-12-24)21-10-16-27(34-4-2)26(30)17-21/h5-17H,3-4,18H2,1-2H3. The van der Waals surface area contributed by atoms with Gasteiger partial charge < -0.3 is 14.2 Å². The van der Waals surface area contributed by atoms with Gasteiger partial charge in [-0.05, 0) is 66.9 Å². The van der Waals surface area contributed by atoms with Crippen molar-refractivity contribution in [2.75, 3.05) is 13.2 Å². The van der Waals surface area contributed by atoms with Crippen LogP contribution in [-0.4, -0.2) is 13.2 Å². The fraction of sp³-hybridized carbons (Fsp3) is 0.172. The molecule has 0 amide bonds. The van der Waals surface area contributed by atoms with Crippen molar-refractivity contribution < 1.29 is 27.4 Å². The van der Waals surface area contributed by atoms with E-state index in [4.69, 9.17) is 14.2 Å². The van der Waals surface area contributed by atoms with Crippen molar-refractivity contribution in [3.63, 3.8) is 0 Å². The smallest absolute Gasteiger partial charge is 0.167 e. The molecule has 4 aromatic rings. The Balaban J connectivity index is 1.44. The van der Waals surface area contributed by atoms with E-state index in [0.29, 0.717) is 35.8 Å². The summed E-state index contributed by atoms with van der Waals surface area (Å²) in [6.07, 6.45) is 0. The number of hydrogen-bond acceptors (Lipinski definition) is 3. The average Bonchev–Trinajstić information content (AvgIpc) is 2.87. The molecule has 0 atom stereocenters. The quantitative estimate of drug-likeness (QED) is 0.246. The Labute approximate surface area is 202 Å². The lowest BCUT2D eigenvalue weighted by molar-refractivity contribution is 0.297. The summed E-state index contributed by atoms with van der Waals surface area (Å²) in [5.74, 6) is -0.952. The summed E-state index contributed by atoms with van der Waals surface area (Å²) in [6.45, 7) is 4.45. The van der Waals surface area contributed by atoms with Crippen molar-refractivity contribution in [1.82, 2.24) is 0 Å². The fourth-order valence-corrected chi connectivity index (χ4v) is 3.68. The SMILES string of the molecule is CCOc1ccc(-c2ccc(COc3ccc(-c4ccc(OCC)c(F)c4)cc3)c(F)c2F)cc1. The Morgan fingerprint density at radius 2 is 1.17 bits per heavy atom. The highest BCUT2D eigenvalue weighted by Gasteiger charge is 2.15. The lowest BCUT2D eigenvalue weighted by Crippen LogP contribution is -2.02. The molecule has 0 aliphatic rings. The van der Waals surface area contributed by atoms with Gasteiger partial charge in [0.05, 0.1) is 13.2 Å². The first-order chi connectivity index (χ1) is 17.0. The molecule has 0 saturated carbocycles. The van der Waals surface area contributed by atoms with Crippen molar-refractivity contribution in [3.8, 4) is 39.5 Å². The molecule has 0 unspecified atom stereocenters. The zero-order valence-corrected chi connectivity index (χ0v) is 19.5. The molecule has 4 rings (SSSR count). The van der Waals surface area contributed by atoms with E-state index in [1.165, 1.54) is 18.2 Å². The molecule has 4 aromatic carbocycles. The molecular weight excluding hydrogens is 453 g/mol. The number of ether oxygens (including phenoxy) is 3. The van der Waals surface area contributed by atoms with Crippen LogP contribution < -0.4 is 14.2 Å². The van der Waals surface area contributed by atoms with Gasteiger partial charge in [0.2, 0.25) is 0 Å². The predicted octanol–water partition coefficient (Wildman–Crippen LogP) is 7.81. The maximum Gasteiger partial charge on any atom is 0.167 e. The van der Waals surface area contributed by atoms with Crippen LogP contribution in [0, 0.1) is 17.5 Å². The summed E-state index contributed by atoms with van der Waals surface area (Å²) >= 11 is 0. The number of halogens is 3. The van der Waals surface area contributed by atoms with Crippen LogP contribution in [-0.2, 0) is 6.61 Å². The maximum atomic E-state index is 14.8. The molecule has 0 bridgehead atoms. The Morgan fingerprint density at radius 1 is 0.571 bits per heavy atom. The molecular formula is C29H25F3O3. The lowest BCUT2D eigenvalue weighted by atomic mass is 10.0. The van der Waals surface area contributed by atoms with E-state index in [1.807, 2.05) is 6.92 Å². The molecule has 0 aliphatic heterocycles. The first kappa shape index (κ1) is 24.2.